The van der Waals surface area contributed by atoms with Crippen LogP contribution in [0.15, 0.2) is 40.9 Å². The molecule has 0 aliphatic rings. The van der Waals surface area contributed by atoms with Crippen molar-refractivity contribution in [3.05, 3.63) is 57.6 Å². The lowest BCUT2D eigenvalue weighted by Crippen LogP contribution is -2.35. The van der Waals surface area contributed by atoms with Crippen LogP contribution in [-0.2, 0) is 16.1 Å². The summed E-state index contributed by atoms with van der Waals surface area (Å²) in [6.07, 6.45) is -0.936. The molecule has 0 aliphatic carbocycles. The fourth-order valence-corrected chi connectivity index (χ4v) is 3.00. The topological polar surface area (TPSA) is 73.9 Å². The fraction of sp³-hybridized carbons (Fsp3) is 0.333. The molecule has 0 saturated heterocycles. The molecule has 2 rings (SSSR count). The molecule has 150 valence electrons. The van der Waals surface area contributed by atoms with Crippen molar-refractivity contribution in [3.8, 4) is 11.5 Å². The lowest BCUT2D eigenvalue weighted by atomic mass is 10.1. The second kappa shape index (κ2) is 10.1. The van der Waals surface area contributed by atoms with Gasteiger partial charge in [-0.15, -0.1) is 0 Å². The first-order valence-corrected chi connectivity index (χ1v) is 9.69. The van der Waals surface area contributed by atoms with Gasteiger partial charge in [0.1, 0.15) is 0 Å². The Balaban J connectivity index is 2.00. The average molecular weight is 450 g/mol. The first-order chi connectivity index (χ1) is 13.3. The fourth-order valence-electron chi connectivity index (χ4n) is 2.44. The predicted molar refractivity (Wildman–Crippen MR) is 110 cm³/mol. The summed E-state index contributed by atoms with van der Waals surface area (Å²) < 4.78 is 16.6. The zero-order valence-corrected chi connectivity index (χ0v) is 18.0. The van der Waals surface area contributed by atoms with Crippen LogP contribution in [0.25, 0.3) is 0 Å². The van der Waals surface area contributed by atoms with Gasteiger partial charge < -0.3 is 19.5 Å². The summed E-state index contributed by atoms with van der Waals surface area (Å²) in [5.74, 6) is -0.0870. The van der Waals surface area contributed by atoms with Gasteiger partial charge in [-0.3, -0.25) is 4.79 Å². The van der Waals surface area contributed by atoms with E-state index in [2.05, 4.69) is 21.2 Å². The van der Waals surface area contributed by atoms with Gasteiger partial charge in [-0.1, -0.05) is 29.8 Å². The highest BCUT2D eigenvalue weighted by Gasteiger charge is 2.21. The van der Waals surface area contributed by atoms with E-state index in [1.807, 2.05) is 38.1 Å². The molecule has 0 aliphatic heterocycles. The minimum absolute atomic E-state index is 0.255. The Morgan fingerprint density at radius 3 is 2.46 bits per heavy atom. The molecule has 0 bridgehead atoms. The zero-order valence-electron chi connectivity index (χ0n) is 16.4. The van der Waals surface area contributed by atoms with Gasteiger partial charge in [-0.25, -0.2) is 4.79 Å². The lowest BCUT2D eigenvalue weighted by molar-refractivity contribution is -0.129. The van der Waals surface area contributed by atoms with Crippen LogP contribution in [0, 0.1) is 6.92 Å². The Hall–Kier alpha value is -2.54. The summed E-state index contributed by atoms with van der Waals surface area (Å²) in [5.41, 5.74) is 2.37. The second-order valence-corrected chi connectivity index (χ2v) is 7.03. The van der Waals surface area contributed by atoms with Crippen LogP contribution >= 0.6 is 15.9 Å². The smallest absolute Gasteiger partial charge is 0.339 e. The number of halogens is 1. The molecule has 0 radical (unpaired) electrons. The van der Waals surface area contributed by atoms with Gasteiger partial charge in [0.2, 0.25) is 0 Å². The van der Waals surface area contributed by atoms with E-state index in [1.165, 1.54) is 20.1 Å². The Labute approximate surface area is 173 Å². The summed E-state index contributed by atoms with van der Waals surface area (Å²) in [7, 11) is 1.49. The molecule has 6 nitrogen and oxygen atoms in total. The van der Waals surface area contributed by atoms with Crippen LogP contribution < -0.4 is 14.8 Å². The number of hydrogen-bond donors (Lipinski definition) is 1. The van der Waals surface area contributed by atoms with Gasteiger partial charge in [-0.2, -0.15) is 0 Å². The van der Waals surface area contributed by atoms with Gasteiger partial charge >= 0.3 is 5.97 Å². The van der Waals surface area contributed by atoms with E-state index in [0.717, 1.165) is 11.1 Å². The number of benzene rings is 2. The minimum atomic E-state index is -0.936. The third-order valence-corrected chi connectivity index (χ3v) is 4.58. The van der Waals surface area contributed by atoms with Crippen LogP contribution in [0.5, 0.6) is 11.5 Å². The number of ether oxygens (including phenoxy) is 3. The quantitative estimate of drug-likeness (QED) is 0.615. The van der Waals surface area contributed by atoms with Crippen molar-refractivity contribution < 1.29 is 23.8 Å². The Kier molecular flexibility index (Phi) is 7.87. The van der Waals surface area contributed by atoms with Crippen LogP contribution in [-0.4, -0.2) is 31.7 Å². The van der Waals surface area contributed by atoms with Crippen molar-refractivity contribution in [2.45, 2.75) is 33.4 Å². The average Bonchev–Trinajstić information content (AvgIpc) is 2.68. The number of carbonyl (C=O) groups excluding carboxylic acids is 2. The number of rotatable bonds is 8. The van der Waals surface area contributed by atoms with Gasteiger partial charge in [-0.05, 0) is 54.4 Å². The van der Waals surface area contributed by atoms with Crippen molar-refractivity contribution >= 4 is 27.8 Å². The number of carbonyl (C=O) groups is 2. The van der Waals surface area contributed by atoms with E-state index in [9.17, 15) is 9.59 Å². The van der Waals surface area contributed by atoms with Crippen molar-refractivity contribution in [1.29, 1.82) is 0 Å². The number of hydrogen-bond acceptors (Lipinski definition) is 5. The Morgan fingerprint density at radius 2 is 1.86 bits per heavy atom. The maximum atomic E-state index is 12.4. The Morgan fingerprint density at radius 1 is 1.18 bits per heavy atom. The highest BCUT2D eigenvalue weighted by atomic mass is 79.9. The second-order valence-electron chi connectivity index (χ2n) is 6.17. The van der Waals surface area contributed by atoms with E-state index >= 15 is 0 Å². The summed E-state index contributed by atoms with van der Waals surface area (Å²) in [5, 5.41) is 2.76. The van der Waals surface area contributed by atoms with Crippen molar-refractivity contribution in [1.82, 2.24) is 5.32 Å². The van der Waals surface area contributed by atoms with Crippen LogP contribution in [0.2, 0.25) is 0 Å². The van der Waals surface area contributed by atoms with Crippen LogP contribution in [0.1, 0.15) is 35.3 Å². The molecule has 1 amide bonds. The number of aryl methyl sites for hydroxylation is 1. The highest BCUT2D eigenvalue weighted by Crippen LogP contribution is 2.36. The summed E-state index contributed by atoms with van der Waals surface area (Å²) >= 11 is 3.37. The van der Waals surface area contributed by atoms with E-state index in [-0.39, 0.29) is 11.5 Å². The number of nitrogens with one attached hydrogen (secondary N) is 1. The molecule has 28 heavy (non-hydrogen) atoms. The van der Waals surface area contributed by atoms with Gasteiger partial charge in [0.25, 0.3) is 5.91 Å². The lowest BCUT2D eigenvalue weighted by Gasteiger charge is -2.16. The third-order valence-electron chi connectivity index (χ3n) is 3.99. The minimum Gasteiger partial charge on any atom is -0.493 e. The molecule has 0 fully saturated rings. The predicted octanol–water partition coefficient (Wildman–Crippen LogP) is 4.03. The molecule has 1 unspecified atom stereocenters. The molecular formula is C21H24BrNO5. The van der Waals surface area contributed by atoms with Gasteiger partial charge in [0.15, 0.2) is 17.6 Å². The molecule has 0 saturated carbocycles. The van der Waals surface area contributed by atoms with Gasteiger partial charge in [0, 0.05) is 6.54 Å². The third kappa shape index (κ3) is 5.73. The van der Waals surface area contributed by atoms with Crippen molar-refractivity contribution in [3.63, 3.8) is 0 Å². The van der Waals surface area contributed by atoms with Crippen molar-refractivity contribution in [2.24, 2.45) is 0 Å². The van der Waals surface area contributed by atoms with E-state index in [1.54, 1.807) is 6.07 Å². The molecule has 7 heteroatoms. The number of amides is 1. The molecule has 0 spiro atoms. The largest absolute Gasteiger partial charge is 0.493 e. The molecular weight excluding hydrogens is 426 g/mol. The van der Waals surface area contributed by atoms with Crippen molar-refractivity contribution in [2.75, 3.05) is 13.7 Å². The molecule has 2 aromatic carbocycles. The van der Waals surface area contributed by atoms with E-state index in [4.69, 9.17) is 14.2 Å². The highest BCUT2D eigenvalue weighted by molar-refractivity contribution is 9.10. The maximum absolute atomic E-state index is 12.4. The van der Waals surface area contributed by atoms with Crippen LogP contribution in [0.4, 0.5) is 0 Å². The molecule has 1 N–H and O–H groups in total. The SMILES string of the molecule is CCOc1c(Br)cc(C(=O)OC(C)C(=O)NCc2ccc(C)cc2)cc1OC. The zero-order chi connectivity index (χ0) is 20.7. The van der Waals surface area contributed by atoms with Gasteiger partial charge in [0.05, 0.1) is 23.8 Å². The number of methoxy groups -OCH3 is 1. The molecule has 0 aromatic heterocycles. The summed E-state index contributed by atoms with van der Waals surface area (Å²) in [6.45, 7) is 6.20. The van der Waals surface area contributed by atoms with E-state index in [0.29, 0.717) is 29.1 Å². The Bertz CT molecular complexity index is 835. The summed E-state index contributed by atoms with van der Waals surface area (Å²) in [4.78, 5) is 24.7. The molecule has 1 atom stereocenters. The molecule has 0 heterocycles. The standard InChI is InChI=1S/C21H24BrNO5/c1-5-27-19-17(22)10-16(11-18(19)26-4)21(25)28-14(3)20(24)23-12-15-8-6-13(2)7-9-15/h6-11,14H,5,12H2,1-4H3,(H,23,24). The normalized spacial score (nSPS) is 11.5. The monoisotopic (exact) mass is 449 g/mol. The van der Waals surface area contributed by atoms with Crippen LogP contribution in [0.3, 0.4) is 0 Å². The van der Waals surface area contributed by atoms with E-state index < -0.39 is 12.1 Å². The number of esters is 1. The summed E-state index contributed by atoms with van der Waals surface area (Å²) in [6, 6.07) is 10.9. The molecule has 2 aromatic rings. The first-order valence-electron chi connectivity index (χ1n) is 8.90. The first kappa shape index (κ1) is 21.8. The maximum Gasteiger partial charge on any atom is 0.339 e.